The first-order chi connectivity index (χ1) is 6.63. The average molecular weight is 202 g/mol. The molecular formula is C8H14N2O4. The smallest absolute Gasteiger partial charge is 0.305 e. The van der Waals surface area contributed by atoms with Gasteiger partial charge >= 0.3 is 5.97 Å². The molecule has 0 fully saturated rings. The minimum Gasteiger partial charge on any atom is -0.481 e. The number of hydrogen-bond acceptors (Lipinski definition) is 5. The van der Waals surface area contributed by atoms with Crippen LogP contribution in [0.2, 0.25) is 0 Å². The Morgan fingerprint density at radius 1 is 1.21 bits per heavy atom. The highest BCUT2D eigenvalue weighted by molar-refractivity contribution is 5.67. The topological polar surface area (TPSA) is 96.2 Å². The molecule has 0 aliphatic carbocycles. The molecule has 0 rings (SSSR count). The van der Waals surface area contributed by atoms with Gasteiger partial charge in [0.05, 0.1) is 12.5 Å². The molecule has 14 heavy (non-hydrogen) atoms. The average Bonchev–Trinajstić information content (AvgIpc) is 2.17. The summed E-state index contributed by atoms with van der Waals surface area (Å²) in [5, 5.41) is 14.0. The monoisotopic (exact) mass is 202 g/mol. The van der Waals surface area contributed by atoms with E-state index in [2.05, 4.69) is 10.4 Å². The number of nitrogens with zero attached hydrogens (tertiary/aromatic N) is 2. The van der Waals surface area contributed by atoms with E-state index in [1.54, 1.807) is 0 Å². The Hall–Kier alpha value is -1.33. The molecule has 0 saturated heterocycles. The molecule has 0 radical (unpaired) electrons. The third-order valence-corrected chi connectivity index (χ3v) is 2.01. The largest absolute Gasteiger partial charge is 0.481 e. The van der Waals surface area contributed by atoms with E-state index >= 15 is 0 Å². The lowest BCUT2D eigenvalue weighted by molar-refractivity contribution is -0.137. The lowest BCUT2D eigenvalue weighted by Crippen LogP contribution is -2.13. The molecule has 1 N–H and O–H groups in total. The summed E-state index contributed by atoms with van der Waals surface area (Å²) in [6.45, 7) is 1.81. The van der Waals surface area contributed by atoms with Crippen LogP contribution in [0.5, 0.6) is 0 Å². The van der Waals surface area contributed by atoms with Crippen LogP contribution in [0.3, 0.4) is 0 Å². The van der Waals surface area contributed by atoms with Crippen molar-refractivity contribution in [3.05, 3.63) is 9.81 Å². The van der Waals surface area contributed by atoms with E-state index in [1.807, 2.05) is 6.92 Å². The van der Waals surface area contributed by atoms with Gasteiger partial charge in [0.2, 0.25) is 0 Å². The third kappa shape index (κ3) is 5.34. The van der Waals surface area contributed by atoms with E-state index in [0.717, 1.165) is 0 Å². The first-order valence-corrected chi connectivity index (χ1v) is 4.50. The number of rotatable bonds is 8. The Morgan fingerprint density at radius 3 is 2.07 bits per heavy atom. The van der Waals surface area contributed by atoms with E-state index in [1.165, 1.54) is 0 Å². The molecule has 6 heteroatoms. The highest BCUT2D eigenvalue weighted by Crippen LogP contribution is 2.12. The van der Waals surface area contributed by atoms with Crippen molar-refractivity contribution in [1.82, 2.24) is 0 Å². The first kappa shape index (κ1) is 12.7. The minimum absolute atomic E-state index is 0.279. The van der Waals surface area contributed by atoms with Gasteiger partial charge in [-0.25, -0.2) is 0 Å². The summed E-state index contributed by atoms with van der Waals surface area (Å²) in [4.78, 5) is 30.7. The van der Waals surface area contributed by atoms with Gasteiger partial charge in [-0.1, -0.05) is 17.3 Å². The quantitative estimate of drug-likeness (QED) is 0.608. The van der Waals surface area contributed by atoms with Gasteiger partial charge in [0.15, 0.2) is 0 Å². The van der Waals surface area contributed by atoms with E-state index in [9.17, 15) is 14.6 Å². The fourth-order valence-electron chi connectivity index (χ4n) is 1.11. The van der Waals surface area contributed by atoms with E-state index < -0.39 is 12.0 Å². The van der Waals surface area contributed by atoms with Crippen LogP contribution < -0.4 is 0 Å². The Morgan fingerprint density at radius 2 is 1.71 bits per heavy atom. The van der Waals surface area contributed by atoms with Crippen LogP contribution in [-0.2, 0) is 4.79 Å². The van der Waals surface area contributed by atoms with Gasteiger partial charge in [-0.3, -0.25) is 4.79 Å². The number of hydrogen-bond donors (Lipinski definition) is 1. The zero-order chi connectivity index (χ0) is 11.0. The van der Waals surface area contributed by atoms with Gasteiger partial charge in [-0.2, -0.15) is 9.81 Å². The molecule has 2 atom stereocenters. The van der Waals surface area contributed by atoms with Crippen molar-refractivity contribution in [2.24, 2.45) is 10.4 Å². The van der Waals surface area contributed by atoms with Gasteiger partial charge in [-0.15, -0.1) is 0 Å². The Kier molecular flexibility index (Phi) is 6.43. The van der Waals surface area contributed by atoms with Crippen molar-refractivity contribution in [2.75, 3.05) is 0 Å². The number of carboxylic acid groups (broad SMARTS) is 1. The maximum Gasteiger partial charge on any atom is 0.305 e. The highest BCUT2D eigenvalue weighted by atomic mass is 16.4. The van der Waals surface area contributed by atoms with Gasteiger partial charge in [0, 0.05) is 0 Å². The molecule has 0 aromatic rings. The van der Waals surface area contributed by atoms with Crippen LogP contribution in [0.15, 0.2) is 10.4 Å². The zero-order valence-corrected chi connectivity index (χ0v) is 8.05. The van der Waals surface area contributed by atoms with E-state index in [4.69, 9.17) is 5.11 Å². The molecular weight excluding hydrogens is 188 g/mol. The molecule has 0 bridgehead atoms. The standard InChI is InChI=1S/C8H14N2O4/c1-2-6(9-13)3-4-7(10-14)5-8(11)12/h6-7H,2-5H2,1H3,(H,11,12). The van der Waals surface area contributed by atoms with Crippen molar-refractivity contribution < 1.29 is 9.90 Å². The Bertz CT molecular complexity index is 208. The predicted octanol–water partition coefficient (Wildman–Crippen LogP) is 1.92. The van der Waals surface area contributed by atoms with Crippen LogP contribution in [-0.4, -0.2) is 23.2 Å². The molecule has 0 aromatic carbocycles. The van der Waals surface area contributed by atoms with E-state index in [0.29, 0.717) is 19.3 Å². The molecule has 0 spiro atoms. The number of carboxylic acids is 1. The first-order valence-electron chi connectivity index (χ1n) is 4.50. The van der Waals surface area contributed by atoms with Crippen molar-refractivity contribution in [2.45, 2.75) is 44.7 Å². The maximum atomic E-state index is 10.3. The van der Waals surface area contributed by atoms with Crippen molar-refractivity contribution >= 4 is 5.97 Å². The second-order valence-electron chi connectivity index (χ2n) is 3.10. The summed E-state index contributed by atoms with van der Waals surface area (Å²) < 4.78 is 0. The Balaban J connectivity index is 3.87. The second kappa shape index (κ2) is 7.11. The summed E-state index contributed by atoms with van der Waals surface area (Å²) >= 11 is 0. The number of carbonyl (C=O) groups is 1. The fraction of sp³-hybridized carbons (Fsp3) is 0.875. The third-order valence-electron chi connectivity index (χ3n) is 2.01. The molecule has 0 heterocycles. The van der Waals surface area contributed by atoms with Gasteiger partial charge in [-0.05, 0) is 19.3 Å². The normalized spacial score (nSPS) is 14.4. The van der Waals surface area contributed by atoms with Gasteiger partial charge < -0.3 is 5.11 Å². The molecule has 6 nitrogen and oxygen atoms in total. The molecule has 0 aliphatic rings. The molecule has 0 aliphatic heterocycles. The SMILES string of the molecule is CCC(CCC(CC(=O)O)N=O)N=O. The molecule has 0 aromatic heterocycles. The van der Waals surface area contributed by atoms with Crippen molar-refractivity contribution in [3.8, 4) is 0 Å². The summed E-state index contributed by atoms with van der Waals surface area (Å²) in [6, 6.07) is -1.09. The minimum atomic E-state index is -1.05. The second-order valence-corrected chi connectivity index (χ2v) is 3.10. The lowest BCUT2D eigenvalue weighted by atomic mass is 10.0. The summed E-state index contributed by atoms with van der Waals surface area (Å²) in [6.07, 6.45) is 1.05. The van der Waals surface area contributed by atoms with Crippen LogP contribution in [0, 0.1) is 9.81 Å². The Labute approximate surface area is 81.6 Å². The predicted molar refractivity (Wildman–Crippen MR) is 50.9 cm³/mol. The van der Waals surface area contributed by atoms with Crippen molar-refractivity contribution in [1.29, 1.82) is 0 Å². The number of aliphatic carboxylic acids is 1. The van der Waals surface area contributed by atoms with Crippen LogP contribution in [0.1, 0.15) is 32.6 Å². The zero-order valence-electron chi connectivity index (χ0n) is 8.05. The van der Waals surface area contributed by atoms with Crippen LogP contribution in [0.25, 0.3) is 0 Å². The summed E-state index contributed by atoms with van der Waals surface area (Å²) in [5.74, 6) is -1.05. The van der Waals surface area contributed by atoms with Crippen LogP contribution >= 0.6 is 0 Å². The fourth-order valence-corrected chi connectivity index (χ4v) is 1.11. The maximum absolute atomic E-state index is 10.3. The number of nitroso groups, excluding NO2 is 2. The van der Waals surface area contributed by atoms with Crippen molar-refractivity contribution in [3.63, 3.8) is 0 Å². The van der Waals surface area contributed by atoms with Crippen LogP contribution in [0.4, 0.5) is 0 Å². The molecule has 2 unspecified atom stereocenters. The molecule has 80 valence electrons. The van der Waals surface area contributed by atoms with E-state index in [-0.39, 0.29) is 12.5 Å². The summed E-state index contributed by atoms with van der Waals surface area (Å²) in [5.41, 5.74) is 0. The highest BCUT2D eigenvalue weighted by Gasteiger charge is 2.16. The van der Waals surface area contributed by atoms with Gasteiger partial charge in [0.25, 0.3) is 0 Å². The molecule has 0 saturated carbocycles. The molecule has 0 amide bonds. The van der Waals surface area contributed by atoms with Gasteiger partial charge in [0.1, 0.15) is 6.04 Å². The summed E-state index contributed by atoms with van der Waals surface area (Å²) in [7, 11) is 0. The lowest BCUT2D eigenvalue weighted by Gasteiger charge is -2.08.